The predicted octanol–water partition coefficient (Wildman–Crippen LogP) is 2.51. The Morgan fingerprint density at radius 1 is 1.50 bits per heavy atom. The minimum Gasteiger partial charge on any atom is -0.506 e. The first kappa shape index (κ1) is 9.74. The maximum absolute atomic E-state index is 9.77. The largest absolute Gasteiger partial charge is 0.506 e. The molecule has 1 aliphatic rings. The molecule has 0 saturated carbocycles. The average Bonchev–Trinajstić information content (AvgIpc) is 2.38. The first-order valence-corrected chi connectivity index (χ1v) is 4.83. The van der Waals surface area contributed by atoms with Gasteiger partial charge in [-0.15, -0.1) is 0 Å². The fourth-order valence-corrected chi connectivity index (χ4v) is 2.26. The highest BCUT2D eigenvalue weighted by molar-refractivity contribution is 6.30. The molecule has 0 fully saturated rings. The zero-order valence-corrected chi connectivity index (χ0v) is 9.14. The van der Waals surface area contributed by atoms with E-state index in [-0.39, 0.29) is 5.75 Å². The molecule has 3 nitrogen and oxygen atoms in total. The molecule has 0 spiro atoms. The molecule has 0 unspecified atom stereocenters. The summed E-state index contributed by atoms with van der Waals surface area (Å²) in [6, 6.07) is 0. The van der Waals surface area contributed by atoms with Crippen LogP contribution in [0.15, 0.2) is 0 Å². The van der Waals surface area contributed by atoms with Crippen molar-refractivity contribution in [2.75, 3.05) is 0 Å². The molecule has 4 heteroatoms. The molecule has 0 saturated heterocycles. The van der Waals surface area contributed by atoms with Crippen molar-refractivity contribution >= 4 is 11.6 Å². The molecule has 2 rings (SSSR count). The van der Waals surface area contributed by atoms with E-state index in [1.54, 1.807) is 6.92 Å². The third-order valence-electron chi connectivity index (χ3n) is 2.58. The summed E-state index contributed by atoms with van der Waals surface area (Å²) in [7, 11) is 0. The van der Waals surface area contributed by atoms with Gasteiger partial charge in [0, 0.05) is 11.1 Å². The summed E-state index contributed by atoms with van der Waals surface area (Å²) >= 11 is 6.03. The Bertz CT molecular complexity index is 402. The van der Waals surface area contributed by atoms with Crippen molar-refractivity contribution in [1.82, 2.24) is 4.98 Å². The van der Waals surface area contributed by atoms with Crippen LogP contribution in [0.2, 0.25) is 5.15 Å². The number of aromatic nitrogens is 1. The van der Waals surface area contributed by atoms with Crippen molar-refractivity contribution in [3.8, 4) is 5.75 Å². The zero-order valence-electron chi connectivity index (χ0n) is 8.39. The summed E-state index contributed by atoms with van der Waals surface area (Å²) in [4.78, 5) is 4.08. The lowest BCUT2D eigenvalue weighted by atomic mass is 9.97. The van der Waals surface area contributed by atoms with Crippen molar-refractivity contribution in [1.29, 1.82) is 0 Å². The van der Waals surface area contributed by atoms with Gasteiger partial charge in [-0.25, -0.2) is 4.98 Å². The van der Waals surface area contributed by atoms with Crippen LogP contribution in [0.3, 0.4) is 0 Å². The van der Waals surface area contributed by atoms with Gasteiger partial charge in [-0.05, 0) is 20.8 Å². The van der Waals surface area contributed by atoms with Crippen molar-refractivity contribution in [3.63, 3.8) is 0 Å². The summed E-state index contributed by atoms with van der Waals surface area (Å²) in [6.07, 6.45) is 0. The minimum atomic E-state index is -0.454. The van der Waals surface area contributed by atoms with Gasteiger partial charge in [-0.3, -0.25) is 0 Å². The fourth-order valence-electron chi connectivity index (χ4n) is 1.79. The molecule has 1 aromatic heterocycles. The Balaban J connectivity index is 2.74. The van der Waals surface area contributed by atoms with Crippen LogP contribution in [0.1, 0.15) is 30.7 Å². The molecule has 1 aromatic rings. The highest BCUT2D eigenvalue weighted by Crippen LogP contribution is 2.43. The number of halogens is 1. The van der Waals surface area contributed by atoms with Gasteiger partial charge in [0.2, 0.25) is 0 Å². The van der Waals surface area contributed by atoms with E-state index >= 15 is 0 Å². The number of aromatic hydroxyl groups is 1. The van der Waals surface area contributed by atoms with Crippen molar-refractivity contribution in [2.24, 2.45) is 0 Å². The van der Waals surface area contributed by atoms with Gasteiger partial charge in [-0.1, -0.05) is 11.6 Å². The summed E-state index contributed by atoms with van der Waals surface area (Å²) in [5, 5.41) is 10.2. The van der Waals surface area contributed by atoms with E-state index in [4.69, 9.17) is 16.3 Å². The highest BCUT2D eigenvalue weighted by atomic mass is 35.5. The Morgan fingerprint density at radius 3 is 2.79 bits per heavy atom. The smallest absolute Gasteiger partial charge is 0.142 e. The first-order chi connectivity index (χ1) is 6.43. The molecule has 0 atom stereocenters. The van der Waals surface area contributed by atoms with Crippen LogP contribution in [0.5, 0.6) is 5.75 Å². The molecule has 0 radical (unpaired) electrons. The number of hydrogen-bond donors (Lipinski definition) is 1. The number of fused-ring (bicyclic) bond motifs is 1. The number of ether oxygens (including phenoxy) is 1. The zero-order chi connectivity index (χ0) is 10.5. The molecule has 0 bridgehead atoms. The number of hydrogen-bond acceptors (Lipinski definition) is 3. The van der Waals surface area contributed by atoms with E-state index in [2.05, 4.69) is 4.98 Å². The van der Waals surface area contributed by atoms with E-state index < -0.39 is 5.60 Å². The maximum Gasteiger partial charge on any atom is 0.142 e. The van der Waals surface area contributed by atoms with Gasteiger partial charge >= 0.3 is 0 Å². The number of pyridine rings is 1. The monoisotopic (exact) mass is 213 g/mol. The van der Waals surface area contributed by atoms with Crippen LogP contribution in [0.4, 0.5) is 0 Å². The second-order valence-corrected chi connectivity index (χ2v) is 4.35. The van der Waals surface area contributed by atoms with Crippen molar-refractivity contribution in [2.45, 2.75) is 33.0 Å². The summed E-state index contributed by atoms with van der Waals surface area (Å²) in [6.45, 7) is 5.96. The molecule has 1 N–H and O–H groups in total. The van der Waals surface area contributed by atoms with Crippen LogP contribution in [-0.4, -0.2) is 10.1 Å². The van der Waals surface area contributed by atoms with Gasteiger partial charge in [0.15, 0.2) is 0 Å². The minimum absolute atomic E-state index is 0.204. The third kappa shape index (κ3) is 1.20. The molecule has 0 aliphatic carbocycles. The van der Waals surface area contributed by atoms with Gasteiger partial charge < -0.3 is 9.84 Å². The van der Waals surface area contributed by atoms with E-state index in [0.717, 1.165) is 11.1 Å². The van der Waals surface area contributed by atoms with E-state index in [0.29, 0.717) is 17.5 Å². The quantitative estimate of drug-likeness (QED) is 0.674. The van der Waals surface area contributed by atoms with Gasteiger partial charge in [0.1, 0.15) is 10.9 Å². The number of aryl methyl sites for hydroxylation is 1. The Labute approximate surface area is 87.7 Å². The lowest BCUT2D eigenvalue weighted by Crippen LogP contribution is -2.15. The standard InChI is InChI=1S/C10H12ClNO2/c1-5-8(13)6-4-14-10(2,3)7(6)9(11)12-5/h13H,4H2,1-3H3. The lowest BCUT2D eigenvalue weighted by molar-refractivity contribution is -0.00816. The van der Waals surface area contributed by atoms with Crippen LogP contribution in [0.25, 0.3) is 0 Å². The Kier molecular flexibility index (Phi) is 1.98. The molecular formula is C10H12ClNO2. The summed E-state index contributed by atoms with van der Waals surface area (Å²) in [5.74, 6) is 0.204. The van der Waals surface area contributed by atoms with Crippen LogP contribution in [0, 0.1) is 6.92 Å². The average molecular weight is 214 g/mol. The number of nitrogens with zero attached hydrogens (tertiary/aromatic N) is 1. The molecule has 0 amide bonds. The van der Waals surface area contributed by atoms with Crippen LogP contribution < -0.4 is 0 Å². The number of rotatable bonds is 0. The Hall–Kier alpha value is -0.800. The normalized spacial score (nSPS) is 18.3. The van der Waals surface area contributed by atoms with Gasteiger partial charge in [-0.2, -0.15) is 0 Å². The van der Waals surface area contributed by atoms with Crippen LogP contribution >= 0.6 is 11.6 Å². The summed E-state index contributed by atoms with van der Waals surface area (Å²) in [5.41, 5.74) is 1.68. The first-order valence-electron chi connectivity index (χ1n) is 4.46. The SMILES string of the molecule is Cc1nc(Cl)c2c(c1O)COC2(C)C. The molecule has 2 heterocycles. The van der Waals surface area contributed by atoms with Crippen LogP contribution in [-0.2, 0) is 16.9 Å². The fraction of sp³-hybridized carbons (Fsp3) is 0.500. The second kappa shape index (κ2) is 2.84. The highest BCUT2D eigenvalue weighted by Gasteiger charge is 2.36. The third-order valence-corrected chi connectivity index (χ3v) is 2.86. The second-order valence-electron chi connectivity index (χ2n) is 3.99. The molecular weight excluding hydrogens is 202 g/mol. The van der Waals surface area contributed by atoms with E-state index in [9.17, 15) is 5.11 Å². The molecule has 0 aromatic carbocycles. The summed E-state index contributed by atoms with van der Waals surface area (Å²) < 4.78 is 5.54. The molecule has 1 aliphatic heterocycles. The molecule has 76 valence electrons. The topological polar surface area (TPSA) is 42.4 Å². The lowest BCUT2D eigenvalue weighted by Gasteiger charge is -2.19. The van der Waals surface area contributed by atoms with E-state index in [1.807, 2.05) is 13.8 Å². The van der Waals surface area contributed by atoms with Crippen molar-refractivity contribution in [3.05, 3.63) is 22.0 Å². The maximum atomic E-state index is 9.77. The van der Waals surface area contributed by atoms with Gasteiger partial charge in [0.05, 0.1) is 17.9 Å². The van der Waals surface area contributed by atoms with Gasteiger partial charge in [0.25, 0.3) is 0 Å². The Morgan fingerprint density at radius 2 is 2.14 bits per heavy atom. The predicted molar refractivity (Wildman–Crippen MR) is 53.5 cm³/mol. The van der Waals surface area contributed by atoms with Crippen molar-refractivity contribution < 1.29 is 9.84 Å². The van der Waals surface area contributed by atoms with E-state index in [1.165, 1.54) is 0 Å². The molecule has 14 heavy (non-hydrogen) atoms.